The molecule has 0 aliphatic heterocycles. The number of hydrogen-bond donors (Lipinski definition) is 0. The van der Waals surface area contributed by atoms with Crippen molar-refractivity contribution in [2.75, 3.05) is 13.7 Å². The first-order valence-electron chi connectivity index (χ1n) is 5.34. The first-order chi connectivity index (χ1) is 8.01. The lowest BCUT2D eigenvalue weighted by Crippen LogP contribution is -2.15. The molecular weight excluding hydrogens is 246 g/mol. The first-order valence-corrected chi connectivity index (χ1v) is 5.78. The van der Waals surface area contributed by atoms with Gasteiger partial charge in [0.15, 0.2) is 0 Å². The van der Waals surface area contributed by atoms with Crippen LogP contribution >= 0.6 is 11.6 Å². The summed E-state index contributed by atoms with van der Waals surface area (Å²) in [7, 11) is 1.55. The minimum Gasteiger partial charge on any atom is -0.383 e. The minimum absolute atomic E-state index is 0.0635. The molecule has 17 heavy (non-hydrogen) atoms. The predicted molar refractivity (Wildman–Crippen MR) is 64.5 cm³/mol. The number of methoxy groups -OCH3 is 1. The normalized spacial score (nSPS) is 12.7. The highest BCUT2D eigenvalue weighted by Crippen LogP contribution is 2.25. The average Bonchev–Trinajstić information content (AvgIpc) is 2.55. The molecule has 0 spiro atoms. The number of hydrogen-bond acceptors (Lipinski definition) is 4. The van der Waals surface area contributed by atoms with Gasteiger partial charge in [0.25, 0.3) is 0 Å². The van der Waals surface area contributed by atoms with Crippen molar-refractivity contribution in [2.24, 2.45) is 0 Å². The third-order valence-corrected chi connectivity index (χ3v) is 2.72. The fourth-order valence-electron chi connectivity index (χ4n) is 1.77. The van der Waals surface area contributed by atoms with E-state index >= 15 is 0 Å². The highest BCUT2D eigenvalue weighted by molar-refractivity contribution is 6.20. The van der Waals surface area contributed by atoms with Crippen molar-refractivity contribution in [3.63, 3.8) is 0 Å². The van der Waals surface area contributed by atoms with E-state index in [0.29, 0.717) is 31.0 Å². The molecule has 1 rings (SSSR count). The Morgan fingerprint density at radius 2 is 2.29 bits per heavy atom. The van der Waals surface area contributed by atoms with Crippen LogP contribution in [0.4, 0.5) is 5.69 Å². The van der Waals surface area contributed by atoms with Crippen LogP contribution in [0.2, 0.25) is 0 Å². The number of ether oxygens (including phenoxy) is 1. The van der Waals surface area contributed by atoms with Gasteiger partial charge in [-0.05, 0) is 13.8 Å². The van der Waals surface area contributed by atoms with Crippen LogP contribution in [0.1, 0.15) is 18.3 Å². The van der Waals surface area contributed by atoms with E-state index in [-0.39, 0.29) is 11.1 Å². The lowest BCUT2D eigenvalue weighted by molar-refractivity contribution is -0.386. The van der Waals surface area contributed by atoms with E-state index in [4.69, 9.17) is 16.3 Å². The lowest BCUT2D eigenvalue weighted by Gasteiger charge is -2.08. The first kappa shape index (κ1) is 13.9. The Balaban J connectivity index is 3.06. The van der Waals surface area contributed by atoms with Crippen molar-refractivity contribution in [3.05, 3.63) is 21.5 Å². The number of aromatic nitrogens is 2. The van der Waals surface area contributed by atoms with Crippen LogP contribution in [0, 0.1) is 17.0 Å². The second-order valence-corrected chi connectivity index (χ2v) is 4.33. The smallest absolute Gasteiger partial charge is 0.313 e. The average molecular weight is 262 g/mol. The fraction of sp³-hybridized carbons (Fsp3) is 0.700. The number of aryl methyl sites for hydroxylation is 2. The molecule has 1 aromatic rings. The zero-order chi connectivity index (χ0) is 13.0. The van der Waals surface area contributed by atoms with E-state index in [9.17, 15) is 10.1 Å². The maximum absolute atomic E-state index is 11.0. The summed E-state index contributed by atoms with van der Waals surface area (Å²) in [5.41, 5.74) is 1.05. The highest BCUT2D eigenvalue weighted by Gasteiger charge is 2.26. The molecule has 0 aromatic carbocycles. The van der Waals surface area contributed by atoms with E-state index in [1.54, 1.807) is 18.7 Å². The largest absolute Gasteiger partial charge is 0.383 e. The van der Waals surface area contributed by atoms with Crippen LogP contribution in [0.5, 0.6) is 0 Å². The minimum atomic E-state index is -0.403. The molecule has 6 nitrogen and oxygen atoms in total. The number of alkyl halides is 1. The third-order valence-electron chi connectivity index (χ3n) is 2.44. The number of nitro groups is 1. The molecule has 96 valence electrons. The van der Waals surface area contributed by atoms with Gasteiger partial charge in [0.1, 0.15) is 11.4 Å². The van der Waals surface area contributed by atoms with Gasteiger partial charge in [-0.3, -0.25) is 14.8 Å². The summed E-state index contributed by atoms with van der Waals surface area (Å²) in [4.78, 5) is 10.6. The zero-order valence-electron chi connectivity index (χ0n) is 10.1. The SMILES string of the molecule is CCn1nc(C)c([N+](=O)[O-])c1CC(Cl)COC. The van der Waals surface area contributed by atoms with Crippen LogP contribution in [0.25, 0.3) is 0 Å². The molecule has 0 fully saturated rings. The van der Waals surface area contributed by atoms with Gasteiger partial charge in [0, 0.05) is 20.1 Å². The van der Waals surface area contributed by atoms with Crippen molar-refractivity contribution in [2.45, 2.75) is 32.2 Å². The lowest BCUT2D eigenvalue weighted by atomic mass is 10.2. The maximum Gasteiger partial charge on any atom is 0.313 e. The van der Waals surface area contributed by atoms with E-state index in [0.717, 1.165) is 0 Å². The number of rotatable bonds is 6. The van der Waals surface area contributed by atoms with Gasteiger partial charge in [0.2, 0.25) is 0 Å². The molecule has 0 radical (unpaired) electrons. The van der Waals surface area contributed by atoms with Crippen LogP contribution < -0.4 is 0 Å². The Kier molecular flexibility index (Phi) is 4.89. The predicted octanol–water partition coefficient (Wildman–Crippen LogP) is 1.92. The quantitative estimate of drug-likeness (QED) is 0.446. The van der Waals surface area contributed by atoms with Crippen LogP contribution in [0.3, 0.4) is 0 Å². The highest BCUT2D eigenvalue weighted by atomic mass is 35.5. The van der Waals surface area contributed by atoms with Gasteiger partial charge in [-0.15, -0.1) is 11.6 Å². The van der Waals surface area contributed by atoms with Gasteiger partial charge in [-0.1, -0.05) is 0 Å². The summed E-state index contributed by atoms with van der Waals surface area (Å²) < 4.78 is 6.55. The van der Waals surface area contributed by atoms with Crippen LogP contribution in [-0.4, -0.2) is 33.8 Å². The van der Waals surface area contributed by atoms with Crippen molar-refractivity contribution in [1.82, 2.24) is 9.78 Å². The monoisotopic (exact) mass is 261 g/mol. The Labute approximate surface area is 105 Å². The Bertz CT molecular complexity index is 406. The molecule has 0 N–H and O–H groups in total. The van der Waals surface area contributed by atoms with Crippen molar-refractivity contribution < 1.29 is 9.66 Å². The number of halogens is 1. The molecule has 0 aliphatic rings. The van der Waals surface area contributed by atoms with Crippen molar-refractivity contribution >= 4 is 17.3 Å². The Morgan fingerprint density at radius 1 is 1.65 bits per heavy atom. The zero-order valence-corrected chi connectivity index (χ0v) is 10.9. The molecule has 0 bridgehead atoms. The third kappa shape index (κ3) is 3.17. The Hall–Kier alpha value is -1.14. The van der Waals surface area contributed by atoms with Crippen LogP contribution in [0.15, 0.2) is 0 Å². The van der Waals surface area contributed by atoms with Gasteiger partial charge >= 0.3 is 5.69 Å². The molecular formula is C10H16ClN3O3. The molecule has 0 saturated heterocycles. The molecule has 0 saturated carbocycles. The molecule has 0 aliphatic carbocycles. The van der Waals surface area contributed by atoms with Crippen LogP contribution in [-0.2, 0) is 17.7 Å². The summed E-state index contributed by atoms with van der Waals surface area (Å²) in [5.74, 6) is 0. The molecule has 1 unspecified atom stereocenters. The second-order valence-electron chi connectivity index (χ2n) is 3.71. The standard InChI is InChI=1S/C10H16ClN3O3/c1-4-13-9(5-8(11)6-17-3)10(14(15)16)7(2)12-13/h8H,4-6H2,1-3H3. The summed E-state index contributed by atoms with van der Waals surface area (Å²) >= 11 is 6.04. The van der Waals surface area contributed by atoms with E-state index < -0.39 is 4.92 Å². The molecule has 1 heterocycles. The van der Waals surface area contributed by atoms with Gasteiger partial charge in [-0.25, -0.2) is 0 Å². The van der Waals surface area contributed by atoms with Gasteiger partial charge < -0.3 is 4.74 Å². The fourth-order valence-corrected chi connectivity index (χ4v) is 2.04. The van der Waals surface area contributed by atoms with E-state index in [1.165, 1.54) is 0 Å². The van der Waals surface area contributed by atoms with E-state index in [2.05, 4.69) is 5.10 Å². The van der Waals surface area contributed by atoms with E-state index in [1.807, 2.05) is 6.92 Å². The molecule has 7 heteroatoms. The maximum atomic E-state index is 11.0. The van der Waals surface area contributed by atoms with Crippen molar-refractivity contribution in [3.8, 4) is 0 Å². The van der Waals surface area contributed by atoms with Crippen molar-refractivity contribution in [1.29, 1.82) is 0 Å². The summed E-state index contributed by atoms with van der Waals surface area (Å²) in [6.07, 6.45) is 0.375. The molecule has 1 aromatic heterocycles. The topological polar surface area (TPSA) is 70.2 Å². The van der Waals surface area contributed by atoms with Gasteiger partial charge in [-0.2, -0.15) is 5.10 Å². The summed E-state index contributed by atoms with van der Waals surface area (Å²) in [6, 6.07) is 0. The van der Waals surface area contributed by atoms with Gasteiger partial charge in [0.05, 0.1) is 16.9 Å². The number of nitrogens with zero attached hydrogens (tertiary/aromatic N) is 3. The summed E-state index contributed by atoms with van der Waals surface area (Å²) in [6.45, 7) is 4.46. The second kappa shape index (κ2) is 5.97. The molecule has 0 amide bonds. The summed E-state index contributed by atoms with van der Waals surface area (Å²) in [5, 5.41) is 14.8. The molecule has 1 atom stereocenters. The Morgan fingerprint density at radius 3 is 2.76 bits per heavy atom.